The summed E-state index contributed by atoms with van der Waals surface area (Å²) in [5.74, 6) is 0.903. The Labute approximate surface area is 165 Å². The van der Waals surface area contributed by atoms with Crippen LogP contribution in [0.3, 0.4) is 0 Å². The summed E-state index contributed by atoms with van der Waals surface area (Å²) in [6.45, 7) is 2.35. The Bertz CT molecular complexity index is 802. The van der Waals surface area contributed by atoms with Crippen molar-refractivity contribution in [2.24, 2.45) is 5.73 Å². The van der Waals surface area contributed by atoms with E-state index in [1.165, 1.54) is 11.1 Å². The summed E-state index contributed by atoms with van der Waals surface area (Å²) in [4.78, 5) is 12.4. The molecule has 0 aliphatic carbocycles. The third kappa shape index (κ3) is 4.26. The van der Waals surface area contributed by atoms with Crippen LogP contribution in [0.15, 0.2) is 42.5 Å². The van der Waals surface area contributed by atoms with E-state index in [0.717, 1.165) is 29.9 Å². The maximum Gasteiger partial charge on any atom is 0.240 e. The number of hydrogen-bond donors (Lipinski definition) is 2. The first-order chi connectivity index (χ1) is 12.6. The molecule has 1 amide bonds. The predicted octanol–water partition coefficient (Wildman–Crippen LogP) is 2.83. The number of amides is 1. The van der Waals surface area contributed by atoms with Crippen molar-refractivity contribution in [1.82, 2.24) is 5.32 Å². The van der Waals surface area contributed by atoms with Crippen LogP contribution in [-0.2, 0) is 22.5 Å². The highest BCUT2D eigenvalue weighted by molar-refractivity contribution is 5.86. The van der Waals surface area contributed by atoms with Gasteiger partial charge in [-0.05, 0) is 47.2 Å². The SMILES string of the molecule is Cl.NC1(C(=O)NCc2ccc(-c3ccc4c(c3)CCO4)cc2)CCOCC1. The average Bonchev–Trinajstić information content (AvgIpc) is 3.15. The third-order valence-electron chi connectivity index (χ3n) is 5.27. The Hall–Kier alpha value is -2.08. The van der Waals surface area contributed by atoms with Crippen LogP contribution >= 0.6 is 12.4 Å². The molecule has 1 fully saturated rings. The highest BCUT2D eigenvalue weighted by atomic mass is 35.5. The van der Waals surface area contributed by atoms with Gasteiger partial charge >= 0.3 is 0 Å². The van der Waals surface area contributed by atoms with Crippen molar-refractivity contribution in [3.8, 4) is 16.9 Å². The summed E-state index contributed by atoms with van der Waals surface area (Å²) in [5, 5.41) is 2.97. The Morgan fingerprint density at radius 3 is 2.48 bits per heavy atom. The maximum atomic E-state index is 12.4. The average molecular weight is 389 g/mol. The topological polar surface area (TPSA) is 73.6 Å². The van der Waals surface area contributed by atoms with E-state index in [-0.39, 0.29) is 18.3 Å². The highest BCUT2D eigenvalue weighted by Gasteiger charge is 2.35. The summed E-state index contributed by atoms with van der Waals surface area (Å²) in [6, 6.07) is 14.6. The van der Waals surface area contributed by atoms with E-state index in [1.54, 1.807) is 0 Å². The summed E-state index contributed by atoms with van der Waals surface area (Å²) in [7, 11) is 0. The molecule has 27 heavy (non-hydrogen) atoms. The van der Waals surface area contributed by atoms with Crippen LogP contribution in [0.25, 0.3) is 11.1 Å². The van der Waals surface area contributed by atoms with Crippen molar-refractivity contribution in [2.75, 3.05) is 19.8 Å². The van der Waals surface area contributed by atoms with E-state index in [2.05, 4.69) is 29.6 Å². The van der Waals surface area contributed by atoms with Crippen molar-refractivity contribution in [2.45, 2.75) is 31.3 Å². The molecule has 5 nitrogen and oxygen atoms in total. The lowest BCUT2D eigenvalue weighted by Gasteiger charge is -2.31. The minimum absolute atomic E-state index is 0. The number of carbonyl (C=O) groups is 1. The minimum Gasteiger partial charge on any atom is -0.493 e. The summed E-state index contributed by atoms with van der Waals surface area (Å²) >= 11 is 0. The Balaban J connectivity index is 0.00000210. The molecule has 0 aromatic heterocycles. The molecule has 1 saturated heterocycles. The van der Waals surface area contributed by atoms with Crippen LogP contribution in [0.4, 0.5) is 0 Å². The number of fused-ring (bicyclic) bond motifs is 1. The van der Waals surface area contributed by atoms with Gasteiger partial charge in [0.25, 0.3) is 0 Å². The number of nitrogens with one attached hydrogen (secondary N) is 1. The second kappa shape index (κ2) is 8.30. The van der Waals surface area contributed by atoms with Gasteiger partial charge in [0.05, 0.1) is 12.1 Å². The molecule has 3 N–H and O–H groups in total. The lowest BCUT2D eigenvalue weighted by atomic mass is 9.90. The van der Waals surface area contributed by atoms with E-state index in [9.17, 15) is 4.79 Å². The van der Waals surface area contributed by atoms with E-state index in [0.29, 0.717) is 32.6 Å². The molecule has 2 heterocycles. The number of ether oxygens (including phenoxy) is 2. The van der Waals surface area contributed by atoms with Crippen LogP contribution in [0.1, 0.15) is 24.0 Å². The number of carbonyl (C=O) groups excluding carboxylic acids is 1. The minimum atomic E-state index is -0.801. The van der Waals surface area contributed by atoms with Crippen LogP contribution in [-0.4, -0.2) is 31.3 Å². The molecule has 0 radical (unpaired) electrons. The van der Waals surface area contributed by atoms with Crippen LogP contribution < -0.4 is 15.8 Å². The fraction of sp³-hybridized carbons (Fsp3) is 0.381. The third-order valence-corrected chi connectivity index (χ3v) is 5.27. The Morgan fingerprint density at radius 2 is 1.74 bits per heavy atom. The second-order valence-corrected chi connectivity index (χ2v) is 7.07. The molecule has 2 aliphatic rings. The van der Waals surface area contributed by atoms with Crippen LogP contribution in [0, 0.1) is 0 Å². The molecule has 0 spiro atoms. The molecule has 0 bridgehead atoms. The number of halogens is 1. The van der Waals surface area contributed by atoms with Gasteiger partial charge in [0.1, 0.15) is 5.75 Å². The first-order valence-corrected chi connectivity index (χ1v) is 9.14. The smallest absolute Gasteiger partial charge is 0.240 e. The number of benzene rings is 2. The fourth-order valence-electron chi connectivity index (χ4n) is 3.50. The fourth-order valence-corrected chi connectivity index (χ4v) is 3.50. The molecule has 2 aliphatic heterocycles. The monoisotopic (exact) mass is 388 g/mol. The molecule has 144 valence electrons. The van der Waals surface area contributed by atoms with Gasteiger partial charge in [-0.3, -0.25) is 4.79 Å². The predicted molar refractivity (Wildman–Crippen MR) is 107 cm³/mol. The molecule has 0 unspecified atom stereocenters. The molecular formula is C21H25ClN2O3. The molecular weight excluding hydrogens is 364 g/mol. The van der Waals surface area contributed by atoms with Crippen molar-refractivity contribution in [3.63, 3.8) is 0 Å². The summed E-state index contributed by atoms with van der Waals surface area (Å²) in [5.41, 5.74) is 10.1. The molecule has 2 aromatic carbocycles. The first kappa shape index (κ1) is 19.7. The molecule has 2 aromatic rings. The Kier molecular flexibility index (Phi) is 6.05. The van der Waals surface area contributed by atoms with Gasteiger partial charge in [-0.2, -0.15) is 0 Å². The van der Waals surface area contributed by atoms with Crippen molar-refractivity contribution in [3.05, 3.63) is 53.6 Å². The van der Waals surface area contributed by atoms with Crippen molar-refractivity contribution < 1.29 is 14.3 Å². The van der Waals surface area contributed by atoms with Gasteiger partial charge in [0.15, 0.2) is 0 Å². The second-order valence-electron chi connectivity index (χ2n) is 7.07. The number of hydrogen-bond acceptors (Lipinski definition) is 4. The standard InChI is InChI=1S/C21H24N2O3.ClH/c22-21(8-11-25-12-9-21)20(24)23-14-15-1-3-16(4-2-15)17-5-6-19-18(13-17)7-10-26-19;/h1-6,13H,7-12,14,22H2,(H,23,24);1H. The van der Waals surface area contributed by atoms with Gasteiger partial charge in [-0.15, -0.1) is 12.4 Å². The van der Waals surface area contributed by atoms with Crippen molar-refractivity contribution in [1.29, 1.82) is 0 Å². The molecule has 0 saturated carbocycles. The van der Waals surface area contributed by atoms with Gasteiger partial charge in [0, 0.05) is 26.2 Å². The maximum absolute atomic E-state index is 12.4. The lowest BCUT2D eigenvalue weighted by Crippen LogP contribution is -2.56. The lowest BCUT2D eigenvalue weighted by molar-refractivity contribution is -0.129. The highest BCUT2D eigenvalue weighted by Crippen LogP contribution is 2.30. The van der Waals surface area contributed by atoms with Gasteiger partial charge in [-0.25, -0.2) is 0 Å². The summed E-state index contributed by atoms with van der Waals surface area (Å²) in [6.07, 6.45) is 2.11. The van der Waals surface area contributed by atoms with Crippen molar-refractivity contribution >= 4 is 18.3 Å². The first-order valence-electron chi connectivity index (χ1n) is 9.14. The van der Waals surface area contributed by atoms with Gasteiger partial charge in [-0.1, -0.05) is 30.3 Å². The van der Waals surface area contributed by atoms with Gasteiger partial charge < -0.3 is 20.5 Å². The zero-order valence-electron chi connectivity index (χ0n) is 15.2. The molecule has 0 atom stereocenters. The normalized spacial score (nSPS) is 17.4. The van der Waals surface area contributed by atoms with E-state index >= 15 is 0 Å². The van der Waals surface area contributed by atoms with Gasteiger partial charge in [0.2, 0.25) is 5.91 Å². The van der Waals surface area contributed by atoms with E-state index in [1.807, 2.05) is 18.2 Å². The zero-order chi connectivity index (χ0) is 18.0. The number of nitrogens with two attached hydrogens (primary N) is 1. The zero-order valence-corrected chi connectivity index (χ0v) is 16.0. The van der Waals surface area contributed by atoms with E-state index < -0.39 is 5.54 Å². The quantitative estimate of drug-likeness (QED) is 0.844. The van der Waals surface area contributed by atoms with Crippen LogP contribution in [0.5, 0.6) is 5.75 Å². The van der Waals surface area contributed by atoms with Crippen LogP contribution in [0.2, 0.25) is 0 Å². The largest absolute Gasteiger partial charge is 0.493 e. The Morgan fingerprint density at radius 1 is 1.04 bits per heavy atom. The molecule has 6 heteroatoms. The molecule has 4 rings (SSSR count). The summed E-state index contributed by atoms with van der Waals surface area (Å²) < 4.78 is 10.9. The number of rotatable bonds is 4. The van der Waals surface area contributed by atoms with E-state index in [4.69, 9.17) is 15.2 Å².